The molecule has 0 aliphatic carbocycles. The molecule has 2 amide bonds. The maximum Gasteiger partial charge on any atom is 0.321 e. The first kappa shape index (κ1) is 14.8. The van der Waals surface area contributed by atoms with Crippen LogP contribution >= 0.6 is 0 Å². The van der Waals surface area contributed by atoms with Crippen molar-refractivity contribution in [2.24, 2.45) is 5.92 Å². The lowest BCUT2D eigenvalue weighted by Crippen LogP contribution is -2.69. The second kappa shape index (κ2) is 4.98. The maximum atomic E-state index is 12.2. The van der Waals surface area contributed by atoms with Crippen LogP contribution in [0.4, 0.5) is 10.5 Å². The number of nitrogens with one attached hydrogen (secondary N) is 1. The Morgan fingerprint density at radius 1 is 1.23 bits per heavy atom. The van der Waals surface area contributed by atoms with Crippen molar-refractivity contribution in [3.63, 3.8) is 0 Å². The van der Waals surface area contributed by atoms with Crippen LogP contribution in [0.2, 0.25) is 0 Å². The molecular weight excluding hydrogens is 308 g/mol. The van der Waals surface area contributed by atoms with E-state index in [2.05, 4.69) is 5.32 Å². The fraction of sp³-hybridized carbons (Fsp3) is 0.429. The number of para-hydroxylation sites is 1. The summed E-state index contributed by atoms with van der Waals surface area (Å²) in [5.41, 5.74) is 0.609. The summed E-state index contributed by atoms with van der Waals surface area (Å²) < 4.78 is 23.1. The van der Waals surface area contributed by atoms with Gasteiger partial charge >= 0.3 is 12.0 Å². The van der Waals surface area contributed by atoms with Crippen LogP contribution in [0.25, 0.3) is 0 Å². The molecule has 3 rings (SSSR count). The van der Waals surface area contributed by atoms with Crippen LogP contribution in [-0.2, 0) is 14.6 Å². The van der Waals surface area contributed by atoms with Crippen molar-refractivity contribution in [1.29, 1.82) is 0 Å². The quantitative estimate of drug-likeness (QED) is 0.837. The van der Waals surface area contributed by atoms with Crippen LogP contribution in [0.1, 0.15) is 6.42 Å². The zero-order valence-corrected chi connectivity index (χ0v) is 12.5. The van der Waals surface area contributed by atoms with Gasteiger partial charge in [0.15, 0.2) is 9.84 Å². The van der Waals surface area contributed by atoms with Gasteiger partial charge in [-0.1, -0.05) is 18.2 Å². The number of rotatable bonds is 2. The molecular formula is C14H16N2O5S. The van der Waals surface area contributed by atoms with E-state index >= 15 is 0 Å². The minimum atomic E-state index is -3.49. The van der Waals surface area contributed by atoms with Gasteiger partial charge in [0.1, 0.15) is 4.75 Å². The zero-order chi connectivity index (χ0) is 16.0. The summed E-state index contributed by atoms with van der Waals surface area (Å²) in [5.74, 6) is -2.17. The second-order valence-electron chi connectivity index (χ2n) is 5.72. The number of hydrogen-bond acceptors (Lipinski definition) is 4. The van der Waals surface area contributed by atoms with E-state index in [1.54, 1.807) is 24.3 Å². The van der Waals surface area contributed by atoms with Gasteiger partial charge in [0, 0.05) is 18.8 Å². The number of carboxylic acids is 1. The van der Waals surface area contributed by atoms with E-state index in [1.807, 2.05) is 6.07 Å². The normalized spacial score (nSPS) is 24.7. The summed E-state index contributed by atoms with van der Waals surface area (Å²) in [6.07, 6.45) is 0.117. The number of amides is 2. The average Bonchev–Trinajstić information content (AvgIpc) is 2.69. The summed E-state index contributed by atoms with van der Waals surface area (Å²) in [5, 5.41) is 11.9. The highest BCUT2D eigenvalue weighted by atomic mass is 32.2. The number of benzene rings is 1. The smallest absolute Gasteiger partial charge is 0.321 e. The van der Waals surface area contributed by atoms with Crippen molar-refractivity contribution < 1.29 is 23.1 Å². The summed E-state index contributed by atoms with van der Waals surface area (Å²) in [7, 11) is -3.49. The van der Waals surface area contributed by atoms with Gasteiger partial charge in [-0.3, -0.25) is 4.79 Å². The van der Waals surface area contributed by atoms with E-state index in [0.717, 1.165) is 0 Å². The number of anilines is 1. The molecule has 2 saturated heterocycles. The largest absolute Gasteiger partial charge is 0.481 e. The Bertz CT molecular complexity index is 710. The highest BCUT2D eigenvalue weighted by molar-refractivity contribution is 7.93. The highest BCUT2D eigenvalue weighted by Crippen LogP contribution is 2.44. The third-order valence-electron chi connectivity index (χ3n) is 4.46. The van der Waals surface area contributed by atoms with E-state index in [9.17, 15) is 23.1 Å². The summed E-state index contributed by atoms with van der Waals surface area (Å²) >= 11 is 0. The fourth-order valence-electron chi connectivity index (χ4n) is 3.19. The molecule has 0 aromatic heterocycles. The van der Waals surface area contributed by atoms with Crippen LogP contribution in [-0.4, -0.2) is 54.0 Å². The van der Waals surface area contributed by atoms with Gasteiger partial charge in [0.05, 0.1) is 11.7 Å². The molecule has 2 aliphatic heterocycles. The number of carbonyl (C=O) groups is 2. The summed E-state index contributed by atoms with van der Waals surface area (Å²) in [6, 6.07) is 8.39. The number of carbonyl (C=O) groups excluding carboxylic acids is 1. The topological polar surface area (TPSA) is 104 Å². The molecule has 2 heterocycles. The molecule has 1 atom stereocenters. The predicted molar refractivity (Wildman–Crippen MR) is 79.3 cm³/mol. The molecule has 118 valence electrons. The summed E-state index contributed by atoms with van der Waals surface area (Å²) in [4.78, 5) is 24.7. The monoisotopic (exact) mass is 324 g/mol. The molecule has 2 N–H and O–H groups in total. The van der Waals surface area contributed by atoms with Gasteiger partial charge in [-0.05, 0) is 18.6 Å². The van der Waals surface area contributed by atoms with Crippen molar-refractivity contribution >= 4 is 27.5 Å². The van der Waals surface area contributed by atoms with Crippen molar-refractivity contribution in [2.45, 2.75) is 11.2 Å². The maximum absolute atomic E-state index is 12.2. The molecule has 8 heteroatoms. The van der Waals surface area contributed by atoms with Gasteiger partial charge in [0.2, 0.25) is 0 Å². The van der Waals surface area contributed by atoms with Crippen molar-refractivity contribution in [3.8, 4) is 0 Å². The predicted octanol–water partition coefficient (Wildman–Crippen LogP) is 0.792. The number of likely N-dealkylation sites (tertiary alicyclic amines) is 1. The van der Waals surface area contributed by atoms with Crippen molar-refractivity contribution in [2.75, 3.05) is 24.2 Å². The minimum Gasteiger partial charge on any atom is -0.481 e. The lowest BCUT2D eigenvalue weighted by molar-refractivity contribution is -0.144. The molecule has 2 aliphatic rings. The van der Waals surface area contributed by atoms with Gasteiger partial charge in [-0.25, -0.2) is 13.2 Å². The summed E-state index contributed by atoms with van der Waals surface area (Å²) in [6.45, 7) is -0.129. The van der Waals surface area contributed by atoms with Crippen LogP contribution in [0.15, 0.2) is 30.3 Å². The Morgan fingerprint density at radius 3 is 2.45 bits per heavy atom. The molecule has 22 heavy (non-hydrogen) atoms. The molecule has 0 bridgehead atoms. The number of aliphatic carboxylic acids is 1. The first-order chi connectivity index (χ1) is 10.4. The van der Waals surface area contributed by atoms with Gasteiger partial charge in [-0.2, -0.15) is 0 Å². The van der Waals surface area contributed by atoms with Crippen molar-refractivity contribution in [3.05, 3.63) is 30.3 Å². The Morgan fingerprint density at radius 2 is 1.86 bits per heavy atom. The number of carboxylic acid groups (broad SMARTS) is 1. The minimum absolute atomic E-state index is 0.0645. The fourth-order valence-corrected chi connectivity index (χ4v) is 5.50. The Kier molecular flexibility index (Phi) is 3.36. The van der Waals surface area contributed by atoms with Crippen molar-refractivity contribution in [1.82, 2.24) is 4.90 Å². The number of nitrogens with zero attached hydrogens (tertiary/aromatic N) is 1. The number of sulfone groups is 1. The van der Waals surface area contributed by atoms with E-state index < -0.39 is 32.5 Å². The van der Waals surface area contributed by atoms with E-state index in [1.165, 1.54) is 4.90 Å². The van der Waals surface area contributed by atoms with Gasteiger partial charge in [0.25, 0.3) is 0 Å². The van der Waals surface area contributed by atoms with Gasteiger partial charge in [-0.15, -0.1) is 0 Å². The molecule has 1 aromatic rings. The molecule has 1 spiro atoms. The Balaban J connectivity index is 1.72. The van der Waals surface area contributed by atoms with Crippen LogP contribution in [0, 0.1) is 5.92 Å². The second-order valence-corrected chi connectivity index (χ2v) is 8.17. The third-order valence-corrected chi connectivity index (χ3v) is 7.01. The Hall–Kier alpha value is -2.09. The third kappa shape index (κ3) is 2.14. The molecule has 2 fully saturated rings. The SMILES string of the molecule is O=C(O)C1CCS(=O)(=O)C12CN(C(=O)Nc1ccccc1)C2. The first-order valence-corrected chi connectivity index (χ1v) is 8.57. The number of hydrogen-bond donors (Lipinski definition) is 2. The molecule has 7 nitrogen and oxygen atoms in total. The average molecular weight is 324 g/mol. The Labute approximate surface area is 127 Å². The molecule has 1 aromatic carbocycles. The standard InChI is InChI=1S/C14H16N2O5S/c17-12(18)11-6-7-22(20,21)14(11)8-16(9-14)13(19)15-10-4-2-1-3-5-10/h1-5,11H,6-9H2,(H,15,19)(H,17,18). The molecule has 0 saturated carbocycles. The van der Waals surface area contributed by atoms with Crippen LogP contribution in [0.3, 0.4) is 0 Å². The highest BCUT2D eigenvalue weighted by Gasteiger charge is 2.65. The lowest BCUT2D eigenvalue weighted by atomic mass is 9.83. The van der Waals surface area contributed by atoms with E-state index in [4.69, 9.17) is 0 Å². The van der Waals surface area contributed by atoms with E-state index in [0.29, 0.717) is 5.69 Å². The zero-order valence-electron chi connectivity index (χ0n) is 11.7. The van der Waals surface area contributed by atoms with Crippen LogP contribution < -0.4 is 5.32 Å². The van der Waals surface area contributed by atoms with Gasteiger partial charge < -0.3 is 15.3 Å². The number of urea groups is 1. The first-order valence-electron chi connectivity index (χ1n) is 6.92. The lowest BCUT2D eigenvalue weighted by Gasteiger charge is -2.48. The molecule has 0 radical (unpaired) electrons. The van der Waals surface area contributed by atoms with Crippen LogP contribution in [0.5, 0.6) is 0 Å². The molecule has 1 unspecified atom stereocenters. The van der Waals surface area contributed by atoms with E-state index in [-0.39, 0.29) is 25.3 Å².